The molecule has 5 heteroatoms. The van der Waals surface area contributed by atoms with Gasteiger partial charge in [-0.25, -0.2) is 4.79 Å². The van der Waals surface area contributed by atoms with Crippen LogP contribution >= 0.6 is 0 Å². The Morgan fingerprint density at radius 1 is 1.26 bits per heavy atom. The molecule has 1 saturated carbocycles. The molecule has 0 aromatic heterocycles. The summed E-state index contributed by atoms with van der Waals surface area (Å²) in [6, 6.07) is 7.13. The fourth-order valence-corrected chi connectivity index (χ4v) is 3.00. The Labute approximate surface area is 142 Å². The number of unbranched alkanes of at least 4 members (excludes halogenated alkanes) is 1. The summed E-state index contributed by atoms with van der Waals surface area (Å²) in [6.45, 7) is 9.79. The van der Waals surface area contributed by atoms with Crippen molar-refractivity contribution >= 4 is 22.6 Å². The number of hydrogen-bond donors (Lipinski definition) is 1. The number of nitrogens with one attached hydrogen (secondary N) is 1. The molecular weight excluding hydrogens is 310 g/mol. The van der Waals surface area contributed by atoms with Crippen LogP contribution in [0.15, 0.2) is 29.2 Å². The molecule has 1 amide bonds. The van der Waals surface area contributed by atoms with Crippen molar-refractivity contribution < 1.29 is 13.7 Å². The second kappa shape index (κ2) is 9.06. The lowest BCUT2D eigenvalue weighted by Gasteiger charge is -2.19. The Kier molecular flexibility index (Phi) is 7.76. The van der Waals surface area contributed by atoms with E-state index < -0.39 is 22.5 Å². The van der Waals surface area contributed by atoms with Crippen molar-refractivity contribution in [3.05, 3.63) is 24.3 Å². The minimum absolute atomic E-state index is 0.289. The zero-order valence-corrected chi connectivity index (χ0v) is 15.7. The molecule has 23 heavy (non-hydrogen) atoms. The third kappa shape index (κ3) is 8.16. The molecule has 0 aliphatic heterocycles. The fraction of sp³-hybridized carbons (Fsp3) is 0.611. The highest BCUT2D eigenvalue weighted by molar-refractivity contribution is 7.86. The van der Waals surface area contributed by atoms with E-state index in [2.05, 4.69) is 19.2 Å². The van der Waals surface area contributed by atoms with Gasteiger partial charge in [0.1, 0.15) is 5.60 Å². The molecule has 1 aromatic rings. The van der Waals surface area contributed by atoms with E-state index in [1.807, 2.05) is 26.8 Å². The van der Waals surface area contributed by atoms with Gasteiger partial charge in [-0.15, -0.1) is 0 Å². The average molecular weight is 340 g/mol. The van der Waals surface area contributed by atoms with Gasteiger partial charge in [-0.1, -0.05) is 32.8 Å². The van der Waals surface area contributed by atoms with E-state index >= 15 is 0 Å². The van der Waals surface area contributed by atoms with E-state index in [1.54, 1.807) is 18.2 Å². The smallest absolute Gasteiger partial charge is 0.412 e. The summed E-state index contributed by atoms with van der Waals surface area (Å²) in [5.74, 6) is 0. The van der Waals surface area contributed by atoms with E-state index in [9.17, 15) is 9.00 Å². The summed E-state index contributed by atoms with van der Waals surface area (Å²) < 4.78 is 17.2. The lowest BCUT2D eigenvalue weighted by molar-refractivity contribution is 0.0636. The maximum absolute atomic E-state index is 12.0. The van der Waals surface area contributed by atoms with Gasteiger partial charge in [-0.2, -0.15) is 0 Å². The fourth-order valence-electron chi connectivity index (χ4n) is 1.60. The van der Waals surface area contributed by atoms with Crippen LogP contribution in [-0.4, -0.2) is 21.2 Å². The normalized spacial score (nSPS) is 15.2. The Bertz CT molecular complexity index is 531. The van der Waals surface area contributed by atoms with Gasteiger partial charge < -0.3 is 4.74 Å². The molecular formula is C18H29NO3S. The molecule has 1 N–H and O–H groups in total. The number of ether oxygens (including phenoxy) is 1. The maximum Gasteiger partial charge on any atom is 0.412 e. The molecule has 130 valence electrons. The van der Waals surface area contributed by atoms with Crippen LogP contribution in [0.5, 0.6) is 0 Å². The molecule has 0 heterocycles. The molecule has 1 atom stereocenters. The van der Waals surface area contributed by atoms with Crippen LogP contribution in [0, 0.1) is 0 Å². The number of hydrogen-bond acceptors (Lipinski definition) is 3. The van der Waals surface area contributed by atoms with E-state index in [0.717, 1.165) is 17.7 Å². The highest BCUT2D eigenvalue weighted by Crippen LogP contribution is 2.31. The zero-order chi connectivity index (χ0) is 17.5. The molecule has 0 bridgehead atoms. The molecule has 1 aliphatic rings. The van der Waals surface area contributed by atoms with Gasteiger partial charge >= 0.3 is 6.09 Å². The van der Waals surface area contributed by atoms with E-state index in [1.165, 1.54) is 12.8 Å². The van der Waals surface area contributed by atoms with Crippen LogP contribution in [-0.2, 0) is 15.5 Å². The SMILES string of the molecule is CC(C)(C)OC(=O)Nc1cccc(S(=O)C2CC2)c1.CCCC. The summed E-state index contributed by atoms with van der Waals surface area (Å²) in [7, 11) is -0.960. The highest BCUT2D eigenvalue weighted by atomic mass is 32.2. The van der Waals surface area contributed by atoms with Crippen molar-refractivity contribution in [3.63, 3.8) is 0 Å². The van der Waals surface area contributed by atoms with Crippen LogP contribution in [0.25, 0.3) is 0 Å². The summed E-state index contributed by atoms with van der Waals surface area (Å²) in [5.41, 5.74) is 0.0826. The summed E-state index contributed by atoms with van der Waals surface area (Å²) in [4.78, 5) is 12.4. The van der Waals surface area contributed by atoms with Gasteiger partial charge in [0.25, 0.3) is 0 Å². The lowest BCUT2D eigenvalue weighted by atomic mass is 10.2. The molecule has 0 radical (unpaired) electrons. The molecule has 4 nitrogen and oxygen atoms in total. The van der Waals surface area contributed by atoms with Crippen LogP contribution in [0.4, 0.5) is 10.5 Å². The first-order valence-electron chi connectivity index (χ1n) is 8.27. The molecule has 2 rings (SSSR count). The predicted molar refractivity (Wildman–Crippen MR) is 96.3 cm³/mol. The van der Waals surface area contributed by atoms with Crippen molar-refractivity contribution in [1.29, 1.82) is 0 Å². The monoisotopic (exact) mass is 339 g/mol. The summed E-state index contributed by atoms with van der Waals surface area (Å²) >= 11 is 0. The van der Waals surface area contributed by atoms with Crippen LogP contribution in [0.3, 0.4) is 0 Å². The predicted octanol–water partition coefficient (Wildman–Crippen LogP) is 5.11. The molecule has 1 unspecified atom stereocenters. The Morgan fingerprint density at radius 3 is 2.35 bits per heavy atom. The van der Waals surface area contributed by atoms with Gasteiger partial charge in [-0.05, 0) is 51.8 Å². The number of carbonyl (C=O) groups excluding carboxylic acids is 1. The topological polar surface area (TPSA) is 55.4 Å². The van der Waals surface area contributed by atoms with Gasteiger partial charge in [-0.3, -0.25) is 9.53 Å². The van der Waals surface area contributed by atoms with Crippen molar-refractivity contribution in [3.8, 4) is 0 Å². The van der Waals surface area contributed by atoms with Crippen LogP contribution < -0.4 is 5.32 Å². The van der Waals surface area contributed by atoms with Crippen molar-refractivity contribution in [2.75, 3.05) is 5.32 Å². The molecule has 1 aromatic carbocycles. The highest BCUT2D eigenvalue weighted by Gasteiger charge is 2.29. The number of amides is 1. The average Bonchev–Trinajstić information content (AvgIpc) is 3.29. The first-order chi connectivity index (χ1) is 10.8. The number of benzene rings is 1. The van der Waals surface area contributed by atoms with Gasteiger partial charge in [0.05, 0.1) is 10.8 Å². The van der Waals surface area contributed by atoms with Crippen molar-refractivity contribution in [1.82, 2.24) is 0 Å². The molecule has 0 spiro atoms. The Morgan fingerprint density at radius 2 is 1.87 bits per heavy atom. The third-order valence-corrected chi connectivity index (χ3v) is 4.83. The second-order valence-corrected chi connectivity index (χ2v) is 8.38. The third-order valence-electron chi connectivity index (χ3n) is 3.04. The molecule has 0 saturated heterocycles. The molecule has 1 aliphatic carbocycles. The Hall–Kier alpha value is -1.36. The van der Waals surface area contributed by atoms with Gasteiger partial charge in [0.2, 0.25) is 0 Å². The van der Waals surface area contributed by atoms with Crippen molar-refractivity contribution in [2.45, 2.75) is 76.0 Å². The minimum atomic E-state index is -0.960. The Balaban J connectivity index is 0.000000593. The first kappa shape index (κ1) is 19.7. The standard InChI is InChI=1S/C14H19NO3S.C4H10/c1-14(2,3)18-13(16)15-10-5-4-6-12(9-10)19(17)11-7-8-11;1-3-4-2/h4-6,9,11H,7-8H2,1-3H3,(H,15,16);3-4H2,1-2H3. The second-order valence-electron chi connectivity index (χ2n) is 6.65. The van der Waals surface area contributed by atoms with Crippen LogP contribution in [0.2, 0.25) is 0 Å². The van der Waals surface area contributed by atoms with E-state index in [-0.39, 0.29) is 5.25 Å². The summed E-state index contributed by atoms with van der Waals surface area (Å²) in [5, 5.41) is 2.95. The number of anilines is 1. The summed E-state index contributed by atoms with van der Waals surface area (Å²) in [6.07, 6.45) is 4.19. The van der Waals surface area contributed by atoms with Gasteiger partial charge in [0, 0.05) is 15.8 Å². The minimum Gasteiger partial charge on any atom is -0.444 e. The zero-order valence-electron chi connectivity index (χ0n) is 14.8. The first-order valence-corrected chi connectivity index (χ1v) is 9.48. The lowest BCUT2D eigenvalue weighted by Crippen LogP contribution is -2.27. The van der Waals surface area contributed by atoms with Crippen LogP contribution in [0.1, 0.15) is 60.3 Å². The number of rotatable bonds is 4. The maximum atomic E-state index is 12.0. The largest absolute Gasteiger partial charge is 0.444 e. The van der Waals surface area contributed by atoms with Gasteiger partial charge in [0.15, 0.2) is 0 Å². The number of carbonyl (C=O) groups is 1. The quantitative estimate of drug-likeness (QED) is 0.829. The van der Waals surface area contributed by atoms with Crippen molar-refractivity contribution in [2.24, 2.45) is 0 Å². The van der Waals surface area contributed by atoms with E-state index in [4.69, 9.17) is 4.74 Å². The molecule has 1 fully saturated rings. The van der Waals surface area contributed by atoms with E-state index in [0.29, 0.717) is 5.69 Å².